The number of rotatable bonds is 6. The molecule has 1 fully saturated rings. The maximum Gasteiger partial charge on any atom is 0.233 e. The molecule has 1 saturated heterocycles. The van der Waals surface area contributed by atoms with Crippen molar-refractivity contribution in [2.45, 2.75) is 49.6 Å². The summed E-state index contributed by atoms with van der Waals surface area (Å²) in [5, 5.41) is 3.64. The summed E-state index contributed by atoms with van der Waals surface area (Å²) in [4.78, 5) is 23.0. The Kier molecular flexibility index (Phi) is 6.45. The second-order valence-electron chi connectivity index (χ2n) is 5.42. The fourth-order valence-corrected chi connectivity index (χ4v) is 3.23. The SMILES string of the molecule is CCCN1CCC(NC(=O)C(C)Sc2ncccn2)CC1. The second kappa shape index (κ2) is 8.34. The molecule has 0 aliphatic carbocycles. The van der Waals surface area contributed by atoms with Crippen LogP contribution in [0.2, 0.25) is 0 Å². The number of thioether (sulfide) groups is 1. The Morgan fingerprint density at radius 2 is 2.10 bits per heavy atom. The largest absolute Gasteiger partial charge is 0.352 e. The van der Waals surface area contributed by atoms with Gasteiger partial charge in [-0.15, -0.1) is 0 Å². The molecule has 5 nitrogen and oxygen atoms in total. The highest BCUT2D eigenvalue weighted by Gasteiger charge is 2.23. The Morgan fingerprint density at radius 1 is 1.43 bits per heavy atom. The predicted octanol–water partition coefficient (Wildman–Crippen LogP) is 1.95. The zero-order valence-electron chi connectivity index (χ0n) is 12.8. The molecule has 1 unspecified atom stereocenters. The lowest BCUT2D eigenvalue weighted by Gasteiger charge is -2.32. The third-order valence-corrected chi connectivity index (χ3v) is 4.66. The minimum atomic E-state index is -0.166. The predicted molar refractivity (Wildman–Crippen MR) is 85.2 cm³/mol. The zero-order valence-corrected chi connectivity index (χ0v) is 13.6. The van der Waals surface area contributed by atoms with Crippen molar-refractivity contribution in [1.29, 1.82) is 0 Å². The highest BCUT2D eigenvalue weighted by molar-refractivity contribution is 8.00. The molecule has 2 heterocycles. The van der Waals surface area contributed by atoms with Gasteiger partial charge in [0.1, 0.15) is 0 Å². The Labute approximate surface area is 130 Å². The summed E-state index contributed by atoms with van der Waals surface area (Å²) in [6.07, 6.45) is 6.69. The number of likely N-dealkylation sites (tertiary alicyclic amines) is 1. The van der Waals surface area contributed by atoms with Crippen LogP contribution in [0, 0.1) is 0 Å². The first-order chi connectivity index (χ1) is 10.2. The van der Waals surface area contributed by atoms with Crippen LogP contribution in [0.15, 0.2) is 23.6 Å². The van der Waals surface area contributed by atoms with Gasteiger partial charge >= 0.3 is 0 Å². The maximum absolute atomic E-state index is 12.2. The van der Waals surface area contributed by atoms with Gasteiger partial charge in [0.05, 0.1) is 5.25 Å². The van der Waals surface area contributed by atoms with Crippen LogP contribution in [0.5, 0.6) is 0 Å². The number of hydrogen-bond acceptors (Lipinski definition) is 5. The monoisotopic (exact) mass is 308 g/mol. The van der Waals surface area contributed by atoms with Crippen LogP contribution in [-0.2, 0) is 4.79 Å². The van der Waals surface area contributed by atoms with Crippen LogP contribution in [0.1, 0.15) is 33.1 Å². The molecule has 0 spiro atoms. The van der Waals surface area contributed by atoms with E-state index in [0.717, 1.165) is 32.5 Å². The quantitative estimate of drug-likeness (QED) is 0.643. The van der Waals surface area contributed by atoms with Gasteiger partial charge < -0.3 is 10.2 Å². The van der Waals surface area contributed by atoms with E-state index in [2.05, 4.69) is 27.1 Å². The van der Waals surface area contributed by atoms with Crippen molar-refractivity contribution >= 4 is 17.7 Å². The number of hydrogen-bond donors (Lipinski definition) is 1. The van der Waals surface area contributed by atoms with Gasteiger partial charge in [-0.05, 0) is 38.8 Å². The standard InChI is InChI=1S/C15H24N4OS/c1-3-9-19-10-5-13(6-11-19)18-14(20)12(2)21-15-16-7-4-8-17-15/h4,7-8,12-13H,3,5-6,9-11H2,1-2H3,(H,18,20). The van der Waals surface area contributed by atoms with Gasteiger partial charge in [0, 0.05) is 31.5 Å². The summed E-state index contributed by atoms with van der Waals surface area (Å²) < 4.78 is 0. The molecular weight excluding hydrogens is 284 g/mol. The van der Waals surface area contributed by atoms with Crippen molar-refractivity contribution in [2.24, 2.45) is 0 Å². The van der Waals surface area contributed by atoms with Crippen LogP contribution in [0.25, 0.3) is 0 Å². The smallest absolute Gasteiger partial charge is 0.233 e. The van der Waals surface area contributed by atoms with Gasteiger partial charge in [-0.3, -0.25) is 4.79 Å². The van der Waals surface area contributed by atoms with Crippen molar-refractivity contribution in [2.75, 3.05) is 19.6 Å². The van der Waals surface area contributed by atoms with E-state index < -0.39 is 0 Å². The van der Waals surface area contributed by atoms with E-state index in [1.165, 1.54) is 18.2 Å². The van der Waals surface area contributed by atoms with E-state index in [1.54, 1.807) is 18.5 Å². The molecule has 0 radical (unpaired) electrons. The van der Waals surface area contributed by atoms with Crippen molar-refractivity contribution in [1.82, 2.24) is 20.2 Å². The van der Waals surface area contributed by atoms with Gasteiger partial charge in [0.2, 0.25) is 5.91 Å². The fourth-order valence-electron chi connectivity index (χ4n) is 2.49. The summed E-state index contributed by atoms with van der Waals surface area (Å²) >= 11 is 1.40. The van der Waals surface area contributed by atoms with Gasteiger partial charge in [0.15, 0.2) is 5.16 Å². The molecule has 0 bridgehead atoms. The summed E-state index contributed by atoms with van der Waals surface area (Å²) in [5.41, 5.74) is 0. The molecule has 1 amide bonds. The van der Waals surface area contributed by atoms with Gasteiger partial charge in [0.25, 0.3) is 0 Å². The number of piperidine rings is 1. The molecule has 1 aliphatic heterocycles. The first-order valence-corrected chi connectivity index (χ1v) is 8.53. The molecular formula is C15H24N4OS. The normalized spacial score (nSPS) is 18.4. The van der Waals surface area contributed by atoms with Crippen LogP contribution in [0.4, 0.5) is 0 Å². The van der Waals surface area contributed by atoms with Crippen LogP contribution >= 0.6 is 11.8 Å². The number of carbonyl (C=O) groups is 1. The fraction of sp³-hybridized carbons (Fsp3) is 0.667. The lowest BCUT2D eigenvalue weighted by Crippen LogP contribution is -2.46. The van der Waals surface area contributed by atoms with Gasteiger partial charge in [-0.2, -0.15) is 0 Å². The number of nitrogens with one attached hydrogen (secondary N) is 1. The summed E-state index contributed by atoms with van der Waals surface area (Å²) in [6, 6.07) is 2.09. The topological polar surface area (TPSA) is 58.1 Å². The third-order valence-electron chi connectivity index (χ3n) is 3.67. The Morgan fingerprint density at radius 3 is 2.71 bits per heavy atom. The first kappa shape index (κ1) is 16.2. The number of nitrogens with zero attached hydrogens (tertiary/aromatic N) is 3. The first-order valence-electron chi connectivity index (χ1n) is 7.65. The van der Waals surface area contributed by atoms with Crippen molar-refractivity contribution in [3.63, 3.8) is 0 Å². The second-order valence-corrected chi connectivity index (χ2v) is 6.72. The molecule has 2 rings (SSSR count). The highest BCUT2D eigenvalue weighted by Crippen LogP contribution is 2.19. The summed E-state index contributed by atoms with van der Waals surface area (Å²) in [5.74, 6) is 0.0846. The van der Waals surface area contributed by atoms with Crippen molar-refractivity contribution in [3.8, 4) is 0 Å². The molecule has 0 aromatic carbocycles. The number of carbonyl (C=O) groups excluding carboxylic acids is 1. The molecule has 0 saturated carbocycles. The number of amides is 1. The summed E-state index contributed by atoms with van der Waals surface area (Å²) in [7, 11) is 0. The Balaban J connectivity index is 1.74. The van der Waals surface area contributed by atoms with E-state index in [-0.39, 0.29) is 11.2 Å². The lowest BCUT2D eigenvalue weighted by atomic mass is 10.0. The molecule has 116 valence electrons. The molecule has 1 aromatic rings. The van der Waals surface area contributed by atoms with Crippen molar-refractivity contribution < 1.29 is 4.79 Å². The van der Waals surface area contributed by atoms with Gasteiger partial charge in [-0.25, -0.2) is 9.97 Å². The Bertz CT molecular complexity index is 435. The number of aromatic nitrogens is 2. The lowest BCUT2D eigenvalue weighted by molar-refractivity contribution is -0.121. The average molecular weight is 308 g/mol. The minimum Gasteiger partial charge on any atom is -0.352 e. The van der Waals surface area contributed by atoms with E-state index in [9.17, 15) is 4.79 Å². The molecule has 1 atom stereocenters. The van der Waals surface area contributed by atoms with Crippen LogP contribution in [0.3, 0.4) is 0 Å². The zero-order chi connectivity index (χ0) is 15.1. The molecule has 21 heavy (non-hydrogen) atoms. The highest BCUT2D eigenvalue weighted by atomic mass is 32.2. The van der Waals surface area contributed by atoms with Gasteiger partial charge in [-0.1, -0.05) is 18.7 Å². The average Bonchev–Trinajstić information content (AvgIpc) is 2.50. The van der Waals surface area contributed by atoms with Crippen LogP contribution in [-0.4, -0.2) is 51.7 Å². The van der Waals surface area contributed by atoms with Crippen molar-refractivity contribution in [3.05, 3.63) is 18.5 Å². The third kappa shape index (κ3) is 5.28. The maximum atomic E-state index is 12.2. The molecule has 6 heteroatoms. The van der Waals surface area contributed by atoms with Crippen LogP contribution < -0.4 is 5.32 Å². The molecule has 1 N–H and O–H groups in total. The van der Waals surface area contributed by atoms with E-state index in [0.29, 0.717) is 11.2 Å². The van der Waals surface area contributed by atoms with E-state index in [4.69, 9.17) is 0 Å². The summed E-state index contributed by atoms with van der Waals surface area (Å²) in [6.45, 7) is 7.45. The van der Waals surface area contributed by atoms with E-state index >= 15 is 0 Å². The minimum absolute atomic E-state index is 0.0846. The van der Waals surface area contributed by atoms with E-state index in [1.807, 2.05) is 6.92 Å². The molecule has 1 aromatic heterocycles. The Hall–Kier alpha value is -1.14. The molecule has 1 aliphatic rings.